The van der Waals surface area contributed by atoms with Gasteiger partial charge < -0.3 is 9.47 Å². The van der Waals surface area contributed by atoms with Crippen molar-refractivity contribution in [1.82, 2.24) is 19.8 Å². The van der Waals surface area contributed by atoms with Gasteiger partial charge in [0.05, 0.1) is 16.3 Å². The standard InChI is InChI=1S/C24H18ClF3N4O3/c1-31-11-18(29-21(31)13-3-5-16(17(25)9-13)24(26,27)28)12-2-4-15-14(8-12)10-32(23(15)35)19-6-7-20(33)30-22(19)34/h2-5,8-9,11,19H,6-7,10H2,1H3,(H,30,33,34). The van der Waals surface area contributed by atoms with Gasteiger partial charge in [0, 0.05) is 42.9 Å². The molecule has 1 fully saturated rings. The van der Waals surface area contributed by atoms with E-state index in [1.54, 1.807) is 29.9 Å². The molecule has 5 rings (SSSR count). The average Bonchev–Trinajstić information content (AvgIpc) is 3.32. The van der Waals surface area contributed by atoms with Crippen molar-refractivity contribution in [2.24, 2.45) is 7.05 Å². The lowest BCUT2D eigenvalue weighted by Crippen LogP contribution is -2.52. The summed E-state index contributed by atoms with van der Waals surface area (Å²) in [6.45, 7) is 0.225. The van der Waals surface area contributed by atoms with Crippen molar-refractivity contribution in [3.63, 3.8) is 0 Å². The van der Waals surface area contributed by atoms with E-state index in [1.165, 1.54) is 17.0 Å². The van der Waals surface area contributed by atoms with Crippen molar-refractivity contribution < 1.29 is 27.6 Å². The number of hydrogen-bond acceptors (Lipinski definition) is 4. The number of hydrogen-bond donors (Lipinski definition) is 1. The molecule has 3 amide bonds. The molecule has 2 aromatic carbocycles. The Morgan fingerprint density at radius 1 is 1.09 bits per heavy atom. The van der Waals surface area contributed by atoms with Crippen LogP contribution in [-0.4, -0.2) is 38.2 Å². The Hall–Kier alpha value is -3.66. The van der Waals surface area contributed by atoms with E-state index < -0.39 is 28.7 Å². The van der Waals surface area contributed by atoms with E-state index in [2.05, 4.69) is 10.3 Å². The minimum absolute atomic E-state index is 0.173. The Bertz CT molecular complexity index is 1400. The molecule has 35 heavy (non-hydrogen) atoms. The van der Waals surface area contributed by atoms with Crippen LogP contribution in [0.4, 0.5) is 13.2 Å². The minimum atomic E-state index is -4.55. The number of piperidine rings is 1. The van der Waals surface area contributed by atoms with Crippen molar-refractivity contribution in [3.8, 4) is 22.6 Å². The summed E-state index contributed by atoms with van der Waals surface area (Å²) >= 11 is 5.87. The first kappa shape index (κ1) is 23.1. The highest BCUT2D eigenvalue weighted by atomic mass is 35.5. The van der Waals surface area contributed by atoms with E-state index in [0.29, 0.717) is 28.2 Å². The first-order chi connectivity index (χ1) is 16.5. The molecule has 1 aromatic heterocycles. The normalized spacial score (nSPS) is 18.1. The van der Waals surface area contributed by atoms with Crippen LogP contribution in [-0.2, 0) is 29.4 Å². The number of nitrogens with one attached hydrogen (secondary N) is 1. The second-order valence-corrected chi connectivity index (χ2v) is 8.93. The number of amides is 3. The quantitative estimate of drug-likeness (QED) is 0.544. The molecule has 3 heterocycles. The summed E-state index contributed by atoms with van der Waals surface area (Å²) in [7, 11) is 1.72. The topological polar surface area (TPSA) is 84.3 Å². The van der Waals surface area contributed by atoms with Crippen LogP contribution in [0.25, 0.3) is 22.6 Å². The van der Waals surface area contributed by atoms with Crippen LogP contribution < -0.4 is 5.32 Å². The van der Waals surface area contributed by atoms with Gasteiger partial charge in [-0.1, -0.05) is 23.7 Å². The predicted octanol–water partition coefficient (Wildman–Crippen LogP) is 4.19. The smallest absolute Gasteiger partial charge is 0.333 e. The number of benzene rings is 2. The molecule has 2 aliphatic heterocycles. The number of alkyl halides is 3. The summed E-state index contributed by atoms with van der Waals surface area (Å²) in [6, 6.07) is 7.98. The monoisotopic (exact) mass is 502 g/mol. The maximum Gasteiger partial charge on any atom is 0.417 e. The highest BCUT2D eigenvalue weighted by Crippen LogP contribution is 2.37. The van der Waals surface area contributed by atoms with Gasteiger partial charge in [-0.3, -0.25) is 19.7 Å². The number of imidazole rings is 1. The largest absolute Gasteiger partial charge is 0.417 e. The number of carbonyl (C=O) groups excluding carboxylic acids is 3. The number of rotatable bonds is 3. The van der Waals surface area contributed by atoms with E-state index >= 15 is 0 Å². The second-order valence-electron chi connectivity index (χ2n) is 8.52. The van der Waals surface area contributed by atoms with Crippen molar-refractivity contribution in [2.45, 2.75) is 31.6 Å². The zero-order chi connectivity index (χ0) is 25.1. The summed E-state index contributed by atoms with van der Waals surface area (Å²) in [4.78, 5) is 42.6. The highest BCUT2D eigenvalue weighted by Gasteiger charge is 2.39. The predicted molar refractivity (Wildman–Crippen MR) is 120 cm³/mol. The van der Waals surface area contributed by atoms with Crippen LogP contribution in [0.15, 0.2) is 42.6 Å². The fourth-order valence-corrected chi connectivity index (χ4v) is 4.78. The molecular formula is C24H18ClF3N4O3. The molecule has 1 N–H and O–H groups in total. The van der Waals surface area contributed by atoms with Gasteiger partial charge >= 0.3 is 6.18 Å². The molecule has 2 aliphatic rings. The van der Waals surface area contributed by atoms with Gasteiger partial charge in [0.15, 0.2) is 0 Å². The van der Waals surface area contributed by atoms with Crippen LogP contribution in [0.2, 0.25) is 5.02 Å². The Morgan fingerprint density at radius 2 is 1.83 bits per heavy atom. The van der Waals surface area contributed by atoms with Gasteiger partial charge in [0.1, 0.15) is 11.9 Å². The average molecular weight is 503 g/mol. The molecule has 0 saturated carbocycles. The number of imide groups is 1. The van der Waals surface area contributed by atoms with E-state index in [1.807, 2.05) is 6.07 Å². The van der Waals surface area contributed by atoms with E-state index in [9.17, 15) is 27.6 Å². The lowest BCUT2D eigenvalue weighted by atomic mass is 10.0. The molecule has 1 unspecified atom stereocenters. The molecule has 0 radical (unpaired) electrons. The Morgan fingerprint density at radius 3 is 2.51 bits per heavy atom. The number of aryl methyl sites for hydroxylation is 1. The Balaban J connectivity index is 1.43. The van der Waals surface area contributed by atoms with Crippen molar-refractivity contribution in [3.05, 3.63) is 64.3 Å². The fraction of sp³-hybridized carbons (Fsp3) is 0.250. The zero-order valence-corrected chi connectivity index (χ0v) is 19.1. The molecular weight excluding hydrogens is 485 g/mol. The third-order valence-electron chi connectivity index (χ3n) is 6.23. The third kappa shape index (κ3) is 4.07. The van der Waals surface area contributed by atoms with Crippen LogP contribution in [0.1, 0.15) is 34.3 Å². The number of fused-ring (bicyclic) bond motifs is 1. The number of halogens is 4. The van der Waals surface area contributed by atoms with Gasteiger partial charge in [-0.05, 0) is 36.2 Å². The molecule has 0 spiro atoms. The molecule has 0 aliphatic carbocycles. The van der Waals surface area contributed by atoms with Crippen LogP contribution in [0.5, 0.6) is 0 Å². The van der Waals surface area contributed by atoms with Crippen molar-refractivity contribution in [2.75, 3.05) is 0 Å². The van der Waals surface area contributed by atoms with Crippen LogP contribution in [0, 0.1) is 0 Å². The number of carbonyl (C=O) groups is 3. The first-order valence-electron chi connectivity index (χ1n) is 10.7. The SMILES string of the molecule is Cn1cc(-c2ccc3c(c2)CN(C2CCC(=O)NC2=O)C3=O)nc1-c1ccc(C(F)(F)F)c(Cl)c1. The second kappa shape index (κ2) is 8.23. The minimum Gasteiger partial charge on any atom is -0.333 e. The maximum absolute atomic E-state index is 13.0. The Kier molecular flexibility index (Phi) is 5.43. The molecule has 1 atom stereocenters. The molecule has 1 saturated heterocycles. The zero-order valence-electron chi connectivity index (χ0n) is 18.3. The molecule has 0 bridgehead atoms. The maximum atomic E-state index is 13.0. The first-order valence-corrected chi connectivity index (χ1v) is 11.1. The van der Waals surface area contributed by atoms with Crippen molar-refractivity contribution in [1.29, 1.82) is 0 Å². The summed E-state index contributed by atoms with van der Waals surface area (Å²) in [6.07, 6.45) is -2.37. The van der Waals surface area contributed by atoms with Crippen LogP contribution in [0.3, 0.4) is 0 Å². The third-order valence-corrected chi connectivity index (χ3v) is 6.54. The highest BCUT2D eigenvalue weighted by molar-refractivity contribution is 6.31. The Labute approximate surface area is 202 Å². The number of nitrogens with zero attached hydrogens (tertiary/aromatic N) is 3. The molecule has 7 nitrogen and oxygen atoms in total. The van der Waals surface area contributed by atoms with Gasteiger partial charge in [0.25, 0.3) is 5.91 Å². The lowest BCUT2D eigenvalue weighted by Gasteiger charge is -2.29. The lowest BCUT2D eigenvalue weighted by molar-refractivity contribution is -0.138. The number of aromatic nitrogens is 2. The molecule has 3 aromatic rings. The summed E-state index contributed by atoms with van der Waals surface area (Å²) in [5.74, 6) is -0.676. The van der Waals surface area contributed by atoms with E-state index in [-0.39, 0.29) is 31.2 Å². The van der Waals surface area contributed by atoms with E-state index in [4.69, 9.17) is 11.6 Å². The molecule has 180 valence electrons. The van der Waals surface area contributed by atoms with Crippen molar-refractivity contribution >= 4 is 29.3 Å². The van der Waals surface area contributed by atoms with Crippen LogP contribution >= 0.6 is 11.6 Å². The van der Waals surface area contributed by atoms with Gasteiger partial charge in [-0.25, -0.2) is 4.98 Å². The van der Waals surface area contributed by atoms with Gasteiger partial charge in [-0.15, -0.1) is 0 Å². The summed E-state index contributed by atoms with van der Waals surface area (Å²) < 4.78 is 40.8. The molecule has 11 heteroatoms. The van der Waals surface area contributed by atoms with E-state index in [0.717, 1.165) is 11.6 Å². The fourth-order valence-electron chi connectivity index (χ4n) is 4.49. The van der Waals surface area contributed by atoms with Gasteiger partial charge in [0.2, 0.25) is 11.8 Å². The summed E-state index contributed by atoms with van der Waals surface area (Å²) in [5, 5.41) is 1.86. The van der Waals surface area contributed by atoms with Gasteiger partial charge in [-0.2, -0.15) is 13.2 Å². The summed E-state index contributed by atoms with van der Waals surface area (Å²) in [5.41, 5.74) is 1.99.